The van der Waals surface area contributed by atoms with Crippen molar-refractivity contribution in [2.75, 3.05) is 7.11 Å². The standard InChI is InChI=1S/C15H16Br2N2O/c1-20-11-6-7-13(16)10(8-11)9-15(19-18)12-4-2-3-5-14(12)17/h2-8,15,19H,9,18H2,1H3. The van der Waals surface area contributed by atoms with Crippen LogP contribution < -0.4 is 16.0 Å². The summed E-state index contributed by atoms with van der Waals surface area (Å²) >= 11 is 7.14. The molecule has 1 unspecified atom stereocenters. The molecule has 0 saturated heterocycles. The van der Waals surface area contributed by atoms with E-state index >= 15 is 0 Å². The molecule has 0 aliphatic carbocycles. The zero-order valence-electron chi connectivity index (χ0n) is 11.1. The van der Waals surface area contributed by atoms with E-state index < -0.39 is 0 Å². The van der Waals surface area contributed by atoms with Crippen molar-refractivity contribution in [3.05, 3.63) is 62.5 Å². The van der Waals surface area contributed by atoms with Crippen molar-refractivity contribution in [1.82, 2.24) is 5.43 Å². The number of hydrogen-bond donors (Lipinski definition) is 2. The molecule has 2 aromatic rings. The third-order valence-electron chi connectivity index (χ3n) is 3.16. The Bertz CT molecular complexity index is 590. The van der Waals surface area contributed by atoms with Gasteiger partial charge in [0.2, 0.25) is 0 Å². The monoisotopic (exact) mass is 398 g/mol. The topological polar surface area (TPSA) is 47.3 Å². The van der Waals surface area contributed by atoms with E-state index in [4.69, 9.17) is 10.6 Å². The Morgan fingerprint density at radius 2 is 1.90 bits per heavy atom. The molecule has 106 valence electrons. The van der Waals surface area contributed by atoms with Gasteiger partial charge >= 0.3 is 0 Å². The molecular weight excluding hydrogens is 384 g/mol. The molecule has 0 saturated carbocycles. The Morgan fingerprint density at radius 1 is 1.15 bits per heavy atom. The molecule has 20 heavy (non-hydrogen) atoms. The summed E-state index contributed by atoms with van der Waals surface area (Å²) in [5.41, 5.74) is 5.15. The molecule has 0 fully saturated rings. The first-order valence-electron chi connectivity index (χ1n) is 6.18. The van der Waals surface area contributed by atoms with E-state index in [0.29, 0.717) is 0 Å². The fourth-order valence-corrected chi connectivity index (χ4v) is 3.04. The average molecular weight is 400 g/mol. The smallest absolute Gasteiger partial charge is 0.119 e. The number of methoxy groups -OCH3 is 1. The van der Waals surface area contributed by atoms with Gasteiger partial charge in [-0.25, -0.2) is 0 Å². The maximum atomic E-state index is 5.72. The number of ether oxygens (including phenoxy) is 1. The van der Waals surface area contributed by atoms with Crippen molar-refractivity contribution in [1.29, 1.82) is 0 Å². The predicted molar refractivity (Wildman–Crippen MR) is 88.6 cm³/mol. The first-order valence-corrected chi connectivity index (χ1v) is 7.77. The summed E-state index contributed by atoms with van der Waals surface area (Å²) in [4.78, 5) is 0. The first kappa shape index (κ1) is 15.5. The predicted octanol–water partition coefficient (Wildman–Crippen LogP) is 3.97. The molecule has 0 aromatic heterocycles. The summed E-state index contributed by atoms with van der Waals surface area (Å²) in [6, 6.07) is 14.0. The number of benzene rings is 2. The van der Waals surface area contributed by atoms with E-state index in [1.54, 1.807) is 7.11 Å². The van der Waals surface area contributed by atoms with Crippen LogP contribution in [0.2, 0.25) is 0 Å². The SMILES string of the molecule is COc1ccc(Br)c(CC(NN)c2ccccc2Br)c1. The van der Waals surface area contributed by atoms with Crippen LogP contribution in [0.25, 0.3) is 0 Å². The summed E-state index contributed by atoms with van der Waals surface area (Å²) < 4.78 is 7.36. The van der Waals surface area contributed by atoms with Crippen molar-refractivity contribution < 1.29 is 4.74 Å². The lowest BCUT2D eigenvalue weighted by Gasteiger charge is -2.19. The summed E-state index contributed by atoms with van der Waals surface area (Å²) in [6.45, 7) is 0. The van der Waals surface area contributed by atoms with E-state index in [2.05, 4.69) is 43.4 Å². The molecule has 2 rings (SSSR count). The number of hydrogen-bond acceptors (Lipinski definition) is 3. The summed E-state index contributed by atoms with van der Waals surface area (Å²) in [5, 5.41) is 0. The van der Waals surface area contributed by atoms with Gasteiger partial charge in [-0.1, -0.05) is 50.1 Å². The van der Waals surface area contributed by atoms with Crippen molar-refractivity contribution in [3.63, 3.8) is 0 Å². The highest BCUT2D eigenvalue weighted by Crippen LogP contribution is 2.30. The lowest BCUT2D eigenvalue weighted by Crippen LogP contribution is -2.30. The zero-order valence-corrected chi connectivity index (χ0v) is 14.2. The lowest BCUT2D eigenvalue weighted by atomic mass is 9.99. The largest absolute Gasteiger partial charge is 0.497 e. The minimum Gasteiger partial charge on any atom is -0.497 e. The molecule has 2 aromatic carbocycles. The maximum Gasteiger partial charge on any atom is 0.119 e. The van der Waals surface area contributed by atoms with Gasteiger partial charge in [0.1, 0.15) is 5.75 Å². The van der Waals surface area contributed by atoms with Crippen LogP contribution in [-0.4, -0.2) is 7.11 Å². The fraction of sp³-hybridized carbons (Fsp3) is 0.200. The Morgan fingerprint density at radius 3 is 2.55 bits per heavy atom. The van der Waals surface area contributed by atoms with Gasteiger partial charge in [-0.3, -0.25) is 11.3 Å². The van der Waals surface area contributed by atoms with Gasteiger partial charge in [0.05, 0.1) is 13.2 Å². The van der Waals surface area contributed by atoms with Gasteiger partial charge in [0.25, 0.3) is 0 Å². The van der Waals surface area contributed by atoms with Crippen LogP contribution in [0.15, 0.2) is 51.4 Å². The summed E-state index contributed by atoms with van der Waals surface area (Å²) in [7, 11) is 1.67. The van der Waals surface area contributed by atoms with Crippen LogP contribution in [0.1, 0.15) is 17.2 Å². The molecule has 0 radical (unpaired) electrons. The minimum atomic E-state index is 0.0222. The number of nitrogens with one attached hydrogen (secondary N) is 1. The molecule has 1 atom stereocenters. The second-order valence-corrected chi connectivity index (χ2v) is 6.11. The first-order chi connectivity index (χ1) is 9.65. The van der Waals surface area contributed by atoms with Gasteiger partial charge in [-0.05, 0) is 41.8 Å². The van der Waals surface area contributed by atoms with Gasteiger partial charge in [-0.15, -0.1) is 0 Å². The highest BCUT2D eigenvalue weighted by atomic mass is 79.9. The van der Waals surface area contributed by atoms with Crippen LogP contribution in [-0.2, 0) is 6.42 Å². The third-order valence-corrected chi connectivity index (χ3v) is 4.65. The number of hydrazine groups is 1. The Labute approximate surface area is 135 Å². The van der Waals surface area contributed by atoms with Crippen molar-refractivity contribution in [3.8, 4) is 5.75 Å². The Kier molecular flexibility index (Phi) is 5.60. The van der Waals surface area contributed by atoms with Gasteiger partial charge in [0, 0.05) is 8.95 Å². The molecule has 3 N–H and O–H groups in total. The van der Waals surface area contributed by atoms with E-state index in [0.717, 1.165) is 32.2 Å². The van der Waals surface area contributed by atoms with Crippen molar-refractivity contribution in [2.45, 2.75) is 12.5 Å². The fourth-order valence-electron chi connectivity index (χ4n) is 2.07. The highest BCUT2D eigenvalue weighted by Gasteiger charge is 2.15. The van der Waals surface area contributed by atoms with E-state index in [9.17, 15) is 0 Å². The molecular formula is C15H16Br2N2O. The van der Waals surface area contributed by atoms with Crippen LogP contribution in [0.4, 0.5) is 0 Å². The van der Waals surface area contributed by atoms with Crippen LogP contribution in [0.3, 0.4) is 0 Å². The lowest BCUT2D eigenvalue weighted by molar-refractivity contribution is 0.413. The molecule has 5 heteroatoms. The molecule has 0 bridgehead atoms. The number of nitrogens with two attached hydrogens (primary N) is 1. The molecule has 0 heterocycles. The van der Waals surface area contributed by atoms with E-state index in [1.165, 1.54) is 0 Å². The number of rotatable bonds is 5. The molecule has 3 nitrogen and oxygen atoms in total. The zero-order chi connectivity index (χ0) is 14.5. The Balaban J connectivity index is 2.29. The van der Waals surface area contributed by atoms with Gasteiger partial charge in [-0.2, -0.15) is 0 Å². The van der Waals surface area contributed by atoms with Crippen LogP contribution in [0, 0.1) is 0 Å². The van der Waals surface area contributed by atoms with Crippen molar-refractivity contribution >= 4 is 31.9 Å². The minimum absolute atomic E-state index is 0.0222. The van der Waals surface area contributed by atoms with E-state index in [-0.39, 0.29) is 6.04 Å². The highest BCUT2D eigenvalue weighted by molar-refractivity contribution is 9.10. The molecule has 0 aliphatic rings. The second-order valence-electron chi connectivity index (χ2n) is 4.40. The molecule has 0 aliphatic heterocycles. The molecule has 0 spiro atoms. The van der Waals surface area contributed by atoms with Crippen LogP contribution >= 0.6 is 31.9 Å². The quantitative estimate of drug-likeness (QED) is 0.590. The third kappa shape index (κ3) is 3.61. The van der Waals surface area contributed by atoms with Gasteiger partial charge in [0.15, 0.2) is 0 Å². The number of halogens is 2. The maximum absolute atomic E-state index is 5.72. The summed E-state index contributed by atoms with van der Waals surface area (Å²) in [6.07, 6.45) is 0.761. The summed E-state index contributed by atoms with van der Waals surface area (Å²) in [5.74, 6) is 6.56. The second kappa shape index (κ2) is 7.22. The Hall–Kier alpha value is -0.880. The van der Waals surface area contributed by atoms with Crippen molar-refractivity contribution in [2.24, 2.45) is 5.84 Å². The average Bonchev–Trinajstić information content (AvgIpc) is 2.47. The molecule has 0 amide bonds. The van der Waals surface area contributed by atoms with Crippen LogP contribution in [0.5, 0.6) is 5.75 Å². The van der Waals surface area contributed by atoms with Gasteiger partial charge < -0.3 is 4.74 Å². The normalized spacial score (nSPS) is 12.2. The van der Waals surface area contributed by atoms with E-state index in [1.807, 2.05) is 36.4 Å².